The summed E-state index contributed by atoms with van der Waals surface area (Å²) in [5.74, 6) is 0.0670. The van der Waals surface area contributed by atoms with Crippen LogP contribution in [0.5, 0.6) is 0 Å². The van der Waals surface area contributed by atoms with Gasteiger partial charge in [0.2, 0.25) is 11.2 Å². The van der Waals surface area contributed by atoms with Crippen molar-refractivity contribution in [3.8, 4) is 0 Å². The van der Waals surface area contributed by atoms with Gasteiger partial charge in [0, 0.05) is 7.05 Å². The summed E-state index contributed by atoms with van der Waals surface area (Å²) in [6, 6.07) is 7.95. The van der Waals surface area contributed by atoms with Gasteiger partial charge in [-0.1, -0.05) is 29.8 Å². The lowest BCUT2D eigenvalue weighted by molar-refractivity contribution is 0.600. The number of fused-ring (bicyclic) bond motifs is 1. The molecule has 1 N–H and O–H groups in total. The van der Waals surface area contributed by atoms with Crippen LogP contribution in [0.4, 0.5) is 5.95 Å². The van der Waals surface area contributed by atoms with Gasteiger partial charge in [0.15, 0.2) is 10.8 Å². The van der Waals surface area contributed by atoms with E-state index in [1.165, 1.54) is 16.7 Å². The molecule has 2 heterocycles. The van der Waals surface area contributed by atoms with Crippen molar-refractivity contribution in [3.05, 3.63) is 40.8 Å². The summed E-state index contributed by atoms with van der Waals surface area (Å²) in [6.07, 6.45) is 0. The van der Waals surface area contributed by atoms with Gasteiger partial charge < -0.3 is 4.57 Å². The molecule has 0 amide bonds. The first-order valence-corrected chi connectivity index (χ1v) is 8.26. The second kappa shape index (κ2) is 5.38. The first-order valence-electron chi connectivity index (χ1n) is 6.02. The van der Waals surface area contributed by atoms with E-state index in [0.29, 0.717) is 5.52 Å². The molecule has 0 bridgehead atoms. The van der Waals surface area contributed by atoms with E-state index < -0.39 is 10.0 Å². The van der Waals surface area contributed by atoms with Crippen molar-refractivity contribution in [3.63, 3.8) is 0 Å². The molecule has 0 spiro atoms. The minimum atomic E-state index is -3.76. The van der Waals surface area contributed by atoms with E-state index in [4.69, 9.17) is 23.2 Å². The molecule has 114 valence electrons. The molecule has 22 heavy (non-hydrogen) atoms. The molecule has 0 aliphatic rings. The smallest absolute Gasteiger partial charge is 0.264 e. The number of aromatic nitrogens is 4. The van der Waals surface area contributed by atoms with Crippen LogP contribution in [0.15, 0.2) is 35.2 Å². The standard InChI is InChI=1S/C12H9Cl2N5O2S/c1-19-8-9(13)15-11(14)16-10(8)17-12(19)18-22(20,21)7-5-3-2-4-6-7/h2-6H,1H3,(H,15,16,17,18). The van der Waals surface area contributed by atoms with Crippen LogP contribution in [0, 0.1) is 0 Å². The molecular weight excluding hydrogens is 349 g/mol. The van der Waals surface area contributed by atoms with Crippen LogP contribution in [-0.2, 0) is 17.1 Å². The van der Waals surface area contributed by atoms with Gasteiger partial charge >= 0.3 is 0 Å². The fourth-order valence-corrected chi connectivity index (χ4v) is 3.46. The summed E-state index contributed by atoms with van der Waals surface area (Å²) in [5.41, 5.74) is 0.593. The van der Waals surface area contributed by atoms with Gasteiger partial charge in [-0.15, -0.1) is 0 Å². The first kappa shape index (κ1) is 15.0. The zero-order chi connectivity index (χ0) is 15.9. The van der Waals surface area contributed by atoms with Crippen molar-refractivity contribution >= 4 is 50.3 Å². The van der Waals surface area contributed by atoms with Gasteiger partial charge in [0.1, 0.15) is 5.52 Å². The van der Waals surface area contributed by atoms with Crippen molar-refractivity contribution in [1.82, 2.24) is 19.5 Å². The Hall–Kier alpha value is -1.90. The Balaban J connectivity index is 2.09. The minimum Gasteiger partial charge on any atom is -0.309 e. The van der Waals surface area contributed by atoms with E-state index in [0.717, 1.165) is 0 Å². The quantitative estimate of drug-likeness (QED) is 0.574. The highest BCUT2D eigenvalue weighted by molar-refractivity contribution is 7.92. The number of sulfonamides is 1. The Morgan fingerprint density at radius 3 is 2.45 bits per heavy atom. The van der Waals surface area contributed by atoms with Gasteiger partial charge in [-0.25, -0.2) is 18.1 Å². The number of hydrogen-bond acceptors (Lipinski definition) is 5. The molecule has 0 saturated carbocycles. The summed E-state index contributed by atoms with van der Waals surface area (Å²) in [4.78, 5) is 12.0. The summed E-state index contributed by atoms with van der Waals surface area (Å²) in [5, 5.41) is 0.0308. The third-order valence-corrected chi connectivity index (χ3v) is 4.72. The molecule has 7 nitrogen and oxygen atoms in total. The number of anilines is 1. The van der Waals surface area contributed by atoms with Crippen molar-refractivity contribution in [2.75, 3.05) is 4.72 Å². The molecule has 0 saturated heterocycles. The largest absolute Gasteiger partial charge is 0.309 e. The van der Waals surface area contributed by atoms with E-state index in [2.05, 4.69) is 19.7 Å². The molecule has 0 radical (unpaired) electrons. The van der Waals surface area contributed by atoms with Crippen LogP contribution in [0.25, 0.3) is 11.2 Å². The Kier molecular flexibility index (Phi) is 3.67. The number of halogens is 2. The van der Waals surface area contributed by atoms with Gasteiger partial charge in [-0.3, -0.25) is 0 Å². The molecule has 1 aromatic carbocycles. The normalized spacial score (nSPS) is 11.8. The topological polar surface area (TPSA) is 89.8 Å². The number of imidazole rings is 1. The fraction of sp³-hybridized carbons (Fsp3) is 0.0833. The maximum Gasteiger partial charge on any atom is 0.264 e. The average molecular weight is 358 g/mol. The number of rotatable bonds is 3. The summed E-state index contributed by atoms with van der Waals surface area (Å²) < 4.78 is 28.5. The van der Waals surface area contributed by atoms with E-state index in [9.17, 15) is 8.42 Å². The third kappa shape index (κ3) is 2.60. The zero-order valence-electron chi connectivity index (χ0n) is 11.2. The Bertz CT molecular complexity index is 957. The molecule has 0 aliphatic carbocycles. The summed E-state index contributed by atoms with van der Waals surface area (Å²) >= 11 is 11.7. The monoisotopic (exact) mass is 357 g/mol. The number of hydrogen-bond donors (Lipinski definition) is 1. The lowest BCUT2D eigenvalue weighted by atomic mass is 10.4. The second-order valence-electron chi connectivity index (χ2n) is 4.37. The maximum absolute atomic E-state index is 12.3. The lowest BCUT2D eigenvalue weighted by Gasteiger charge is -2.07. The molecule has 10 heteroatoms. The van der Waals surface area contributed by atoms with Crippen molar-refractivity contribution in [1.29, 1.82) is 0 Å². The highest BCUT2D eigenvalue weighted by atomic mass is 35.5. The Labute approximate surface area is 136 Å². The Morgan fingerprint density at radius 2 is 1.77 bits per heavy atom. The van der Waals surface area contributed by atoms with Gasteiger partial charge in [0.05, 0.1) is 4.90 Å². The Morgan fingerprint density at radius 1 is 1.09 bits per heavy atom. The fourth-order valence-electron chi connectivity index (χ4n) is 1.91. The predicted molar refractivity (Wildman–Crippen MR) is 83.6 cm³/mol. The molecule has 0 unspecified atom stereocenters. The van der Waals surface area contributed by atoms with Crippen molar-refractivity contribution < 1.29 is 8.42 Å². The molecule has 2 aromatic heterocycles. The summed E-state index contributed by atoms with van der Waals surface area (Å²) in [7, 11) is -2.17. The van der Waals surface area contributed by atoms with Gasteiger partial charge in [0.25, 0.3) is 10.0 Å². The average Bonchev–Trinajstić information content (AvgIpc) is 2.75. The lowest BCUT2D eigenvalue weighted by Crippen LogP contribution is -2.15. The van der Waals surface area contributed by atoms with E-state index in [1.54, 1.807) is 25.2 Å². The number of aryl methyl sites for hydroxylation is 1. The molecule has 0 aliphatic heterocycles. The maximum atomic E-state index is 12.3. The van der Waals surface area contributed by atoms with Crippen LogP contribution in [0.2, 0.25) is 10.4 Å². The molecule has 0 atom stereocenters. The van der Waals surface area contributed by atoms with E-state index in [1.807, 2.05) is 0 Å². The third-order valence-electron chi connectivity index (χ3n) is 2.94. The van der Waals surface area contributed by atoms with Gasteiger partial charge in [-0.2, -0.15) is 9.97 Å². The second-order valence-corrected chi connectivity index (χ2v) is 6.75. The van der Waals surface area contributed by atoms with Crippen LogP contribution in [-0.4, -0.2) is 27.9 Å². The highest BCUT2D eigenvalue weighted by Gasteiger charge is 2.20. The van der Waals surface area contributed by atoms with Crippen LogP contribution in [0.1, 0.15) is 0 Å². The summed E-state index contributed by atoms with van der Waals surface area (Å²) in [6.45, 7) is 0. The van der Waals surface area contributed by atoms with Crippen LogP contribution in [0.3, 0.4) is 0 Å². The van der Waals surface area contributed by atoms with Crippen molar-refractivity contribution in [2.45, 2.75) is 4.90 Å². The zero-order valence-corrected chi connectivity index (χ0v) is 13.5. The number of nitrogens with zero attached hydrogens (tertiary/aromatic N) is 4. The molecule has 3 aromatic rings. The van der Waals surface area contributed by atoms with E-state index >= 15 is 0 Å². The number of nitrogens with one attached hydrogen (secondary N) is 1. The first-order chi connectivity index (χ1) is 10.4. The van der Waals surface area contributed by atoms with E-state index in [-0.39, 0.29) is 26.9 Å². The van der Waals surface area contributed by atoms with Crippen LogP contribution >= 0.6 is 23.2 Å². The molecule has 3 rings (SSSR count). The number of benzene rings is 1. The minimum absolute atomic E-state index is 0.0620. The predicted octanol–water partition coefficient (Wildman–Crippen LogP) is 2.47. The molecule has 0 fully saturated rings. The SMILES string of the molecule is Cn1c(NS(=O)(=O)c2ccccc2)nc2nc(Cl)nc(Cl)c21. The van der Waals surface area contributed by atoms with Crippen molar-refractivity contribution in [2.24, 2.45) is 7.05 Å². The van der Waals surface area contributed by atoms with Gasteiger partial charge in [-0.05, 0) is 23.7 Å². The highest BCUT2D eigenvalue weighted by Crippen LogP contribution is 2.25. The molecular formula is C12H9Cl2N5O2S. The van der Waals surface area contributed by atoms with Crippen LogP contribution < -0.4 is 4.72 Å².